The number of nitrogens with one attached hydrogen (secondary N) is 2. The van der Waals surface area contributed by atoms with Crippen LogP contribution in [0.1, 0.15) is 22.5 Å². The molecule has 1 aromatic heterocycles. The van der Waals surface area contributed by atoms with Crippen LogP contribution < -0.4 is 11.1 Å². The quantitative estimate of drug-likeness (QED) is 0.708. The number of rotatable bonds is 7. The van der Waals surface area contributed by atoms with E-state index in [1.54, 1.807) is 30.5 Å². The van der Waals surface area contributed by atoms with E-state index in [2.05, 4.69) is 15.5 Å². The number of amides is 2. The van der Waals surface area contributed by atoms with E-state index in [0.29, 0.717) is 30.8 Å². The third kappa shape index (κ3) is 4.71. The van der Waals surface area contributed by atoms with Crippen LogP contribution in [0.15, 0.2) is 36.5 Å². The molecule has 2 amide bonds. The molecular formula is C15H19N5O2. The molecule has 1 heterocycles. The predicted molar refractivity (Wildman–Crippen MR) is 83.1 cm³/mol. The number of hydrogen-bond acceptors (Lipinski definition) is 4. The van der Waals surface area contributed by atoms with Gasteiger partial charge in [0.25, 0.3) is 0 Å². The summed E-state index contributed by atoms with van der Waals surface area (Å²) < 4.78 is 0. The largest absolute Gasteiger partial charge is 0.366 e. The summed E-state index contributed by atoms with van der Waals surface area (Å²) in [5, 5.41) is 9.55. The van der Waals surface area contributed by atoms with Gasteiger partial charge in [-0.25, -0.2) is 0 Å². The fourth-order valence-electron chi connectivity index (χ4n) is 1.98. The molecule has 116 valence electrons. The summed E-state index contributed by atoms with van der Waals surface area (Å²) in [6.07, 6.45) is 2.08. The summed E-state index contributed by atoms with van der Waals surface area (Å²) in [5.41, 5.74) is 7.23. The highest BCUT2D eigenvalue weighted by Gasteiger charge is 2.07. The number of nitrogens with two attached hydrogens (primary N) is 1. The van der Waals surface area contributed by atoms with Crippen LogP contribution in [0.4, 0.5) is 5.69 Å². The van der Waals surface area contributed by atoms with Gasteiger partial charge in [-0.05, 0) is 37.4 Å². The van der Waals surface area contributed by atoms with Crippen molar-refractivity contribution in [3.63, 3.8) is 0 Å². The molecule has 2 rings (SSSR count). The van der Waals surface area contributed by atoms with Gasteiger partial charge in [-0.2, -0.15) is 5.10 Å². The number of H-pyrrole nitrogens is 1. The smallest absolute Gasteiger partial charge is 0.248 e. The second kappa shape index (κ2) is 7.37. The maximum Gasteiger partial charge on any atom is 0.248 e. The van der Waals surface area contributed by atoms with Crippen molar-refractivity contribution in [1.29, 1.82) is 0 Å². The SMILES string of the molecule is CN(CCC(=O)Nc1ccc(C(N)=O)cc1)Cc1ccn[nH]1. The molecule has 7 heteroatoms. The molecule has 0 saturated carbocycles. The number of nitrogens with zero attached hydrogens (tertiary/aromatic N) is 2. The van der Waals surface area contributed by atoms with Crippen molar-refractivity contribution in [2.24, 2.45) is 5.73 Å². The zero-order chi connectivity index (χ0) is 15.9. The Labute approximate surface area is 128 Å². The van der Waals surface area contributed by atoms with Crippen molar-refractivity contribution in [2.45, 2.75) is 13.0 Å². The number of carbonyl (C=O) groups excluding carboxylic acids is 2. The minimum atomic E-state index is -0.488. The Morgan fingerprint density at radius 3 is 2.59 bits per heavy atom. The van der Waals surface area contributed by atoms with Gasteiger partial charge in [0.05, 0.1) is 0 Å². The van der Waals surface area contributed by atoms with Crippen LogP contribution in [-0.4, -0.2) is 40.5 Å². The van der Waals surface area contributed by atoms with Crippen LogP contribution >= 0.6 is 0 Å². The molecule has 0 atom stereocenters. The van der Waals surface area contributed by atoms with Gasteiger partial charge in [0.15, 0.2) is 0 Å². The molecular weight excluding hydrogens is 282 g/mol. The highest BCUT2D eigenvalue weighted by Crippen LogP contribution is 2.09. The van der Waals surface area contributed by atoms with Crippen LogP contribution in [0, 0.1) is 0 Å². The molecule has 22 heavy (non-hydrogen) atoms. The Balaban J connectivity index is 1.76. The lowest BCUT2D eigenvalue weighted by atomic mass is 10.2. The summed E-state index contributed by atoms with van der Waals surface area (Å²) in [5.74, 6) is -0.568. The van der Waals surface area contributed by atoms with Crippen molar-refractivity contribution >= 4 is 17.5 Å². The van der Waals surface area contributed by atoms with Crippen molar-refractivity contribution in [3.05, 3.63) is 47.8 Å². The second-order valence-corrected chi connectivity index (χ2v) is 5.06. The Bertz CT molecular complexity index is 622. The first-order chi connectivity index (χ1) is 10.5. The number of aromatic nitrogens is 2. The minimum absolute atomic E-state index is 0.0803. The average molecular weight is 301 g/mol. The predicted octanol–water partition coefficient (Wildman–Crippen LogP) is 0.969. The maximum atomic E-state index is 11.9. The van der Waals surface area contributed by atoms with E-state index in [1.807, 2.05) is 18.0 Å². The first-order valence-electron chi connectivity index (χ1n) is 6.91. The standard InChI is InChI=1S/C15H19N5O2/c1-20(10-13-6-8-17-19-13)9-7-14(21)18-12-4-2-11(3-5-12)15(16)22/h2-6,8H,7,9-10H2,1H3,(H2,16,22)(H,17,19)(H,18,21). The first-order valence-corrected chi connectivity index (χ1v) is 6.91. The molecule has 0 unspecified atom stereocenters. The summed E-state index contributed by atoms with van der Waals surface area (Å²) in [6.45, 7) is 1.34. The van der Waals surface area contributed by atoms with Crippen LogP contribution in [0.25, 0.3) is 0 Å². The fraction of sp³-hybridized carbons (Fsp3) is 0.267. The lowest BCUT2D eigenvalue weighted by Gasteiger charge is -2.15. The molecule has 0 bridgehead atoms. The van der Waals surface area contributed by atoms with Crippen molar-refractivity contribution in [2.75, 3.05) is 18.9 Å². The van der Waals surface area contributed by atoms with Gasteiger partial charge in [-0.15, -0.1) is 0 Å². The number of anilines is 1. The lowest BCUT2D eigenvalue weighted by molar-refractivity contribution is -0.116. The first kappa shape index (κ1) is 15.7. The van der Waals surface area contributed by atoms with Gasteiger partial charge in [0.2, 0.25) is 11.8 Å². The average Bonchev–Trinajstić information content (AvgIpc) is 2.98. The van der Waals surface area contributed by atoms with Gasteiger partial charge in [0.1, 0.15) is 0 Å². The van der Waals surface area contributed by atoms with E-state index in [9.17, 15) is 9.59 Å². The van der Waals surface area contributed by atoms with Crippen molar-refractivity contribution in [1.82, 2.24) is 15.1 Å². The highest BCUT2D eigenvalue weighted by atomic mass is 16.2. The van der Waals surface area contributed by atoms with Gasteiger partial charge in [0, 0.05) is 42.7 Å². The molecule has 4 N–H and O–H groups in total. The topological polar surface area (TPSA) is 104 Å². The van der Waals surface area contributed by atoms with Crippen LogP contribution in [0.3, 0.4) is 0 Å². The van der Waals surface area contributed by atoms with E-state index >= 15 is 0 Å². The molecule has 1 aromatic carbocycles. The van der Waals surface area contributed by atoms with E-state index in [-0.39, 0.29) is 5.91 Å². The minimum Gasteiger partial charge on any atom is -0.366 e. The summed E-state index contributed by atoms with van der Waals surface area (Å²) >= 11 is 0. The zero-order valence-corrected chi connectivity index (χ0v) is 12.4. The van der Waals surface area contributed by atoms with E-state index < -0.39 is 5.91 Å². The van der Waals surface area contributed by atoms with Crippen molar-refractivity contribution in [3.8, 4) is 0 Å². The normalized spacial score (nSPS) is 10.6. The van der Waals surface area contributed by atoms with Crippen molar-refractivity contribution < 1.29 is 9.59 Å². The third-order valence-electron chi connectivity index (χ3n) is 3.17. The molecule has 7 nitrogen and oxygen atoms in total. The molecule has 0 aliphatic heterocycles. The molecule has 0 saturated heterocycles. The number of aromatic amines is 1. The number of primary amides is 1. The van der Waals surface area contributed by atoms with E-state index in [1.165, 1.54) is 0 Å². The highest BCUT2D eigenvalue weighted by molar-refractivity contribution is 5.94. The number of hydrogen-bond donors (Lipinski definition) is 3. The molecule has 0 radical (unpaired) electrons. The van der Waals surface area contributed by atoms with Gasteiger partial charge < -0.3 is 16.0 Å². The summed E-state index contributed by atoms with van der Waals surface area (Å²) in [7, 11) is 1.94. The molecule has 0 fully saturated rings. The van der Waals surface area contributed by atoms with E-state index in [4.69, 9.17) is 5.73 Å². The summed E-state index contributed by atoms with van der Waals surface area (Å²) in [4.78, 5) is 24.9. The Morgan fingerprint density at radius 1 is 1.27 bits per heavy atom. The van der Waals surface area contributed by atoms with Gasteiger partial charge in [-0.3, -0.25) is 14.7 Å². The van der Waals surface area contributed by atoms with E-state index in [0.717, 1.165) is 5.69 Å². The second-order valence-electron chi connectivity index (χ2n) is 5.06. The lowest BCUT2D eigenvalue weighted by Crippen LogP contribution is -2.24. The van der Waals surface area contributed by atoms with Crippen LogP contribution in [0.2, 0.25) is 0 Å². The molecule has 0 aliphatic carbocycles. The monoisotopic (exact) mass is 301 g/mol. The Morgan fingerprint density at radius 2 is 2.00 bits per heavy atom. The third-order valence-corrected chi connectivity index (χ3v) is 3.17. The molecule has 0 spiro atoms. The van der Waals surface area contributed by atoms with Crippen LogP contribution in [-0.2, 0) is 11.3 Å². The van der Waals surface area contributed by atoms with Gasteiger partial charge >= 0.3 is 0 Å². The molecule has 2 aromatic rings. The molecule has 0 aliphatic rings. The summed E-state index contributed by atoms with van der Waals surface area (Å²) in [6, 6.07) is 8.39. The number of carbonyl (C=O) groups is 2. The zero-order valence-electron chi connectivity index (χ0n) is 12.4. The van der Waals surface area contributed by atoms with Crippen LogP contribution in [0.5, 0.6) is 0 Å². The maximum absolute atomic E-state index is 11.9. The Kier molecular flexibility index (Phi) is 5.26. The number of benzene rings is 1. The fourth-order valence-corrected chi connectivity index (χ4v) is 1.98. The van der Waals surface area contributed by atoms with Gasteiger partial charge in [-0.1, -0.05) is 0 Å². The Hall–Kier alpha value is -2.67.